The number of aromatic nitrogens is 4. The van der Waals surface area contributed by atoms with Crippen LogP contribution in [0.1, 0.15) is 5.69 Å². The van der Waals surface area contributed by atoms with Crippen molar-refractivity contribution in [2.45, 2.75) is 13.5 Å². The average Bonchev–Trinajstić information content (AvgIpc) is 2.81. The van der Waals surface area contributed by atoms with Crippen molar-refractivity contribution in [2.24, 2.45) is 0 Å². The lowest BCUT2D eigenvalue weighted by Crippen LogP contribution is -2.22. The van der Waals surface area contributed by atoms with E-state index in [0.29, 0.717) is 16.7 Å². The van der Waals surface area contributed by atoms with Crippen LogP contribution < -0.4 is 5.56 Å². The zero-order valence-electron chi connectivity index (χ0n) is 11.0. The van der Waals surface area contributed by atoms with E-state index in [-0.39, 0.29) is 18.7 Å². The number of para-hydroxylation sites is 1. The van der Waals surface area contributed by atoms with E-state index in [9.17, 15) is 4.79 Å². The van der Waals surface area contributed by atoms with Crippen LogP contribution in [-0.2, 0) is 6.54 Å². The quantitative estimate of drug-likeness (QED) is 0.767. The number of hydrogen-bond acceptors (Lipinski definition) is 4. The van der Waals surface area contributed by atoms with Crippen molar-refractivity contribution in [2.75, 3.05) is 6.61 Å². The van der Waals surface area contributed by atoms with Crippen molar-refractivity contribution in [1.29, 1.82) is 0 Å². The van der Waals surface area contributed by atoms with Gasteiger partial charge in [-0.1, -0.05) is 18.2 Å². The fourth-order valence-corrected chi connectivity index (χ4v) is 2.22. The van der Waals surface area contributed by atoms with Crippen LogP contribution in [0, 0.1) is 6.92 Å². The lowest BCUT2D eigenvalue weighted by Gasteiger charge is -2.04. The summed E-state index contributed by atoms with van der Waals surface area (Å²) >= 11 is 0. The lowest BCUT2D eigenvalue weighted by atomic mass is 10.3. The topological polar surface area (TPSA) is 72.9 Å². The molecule has 0 aliphatic carbocycles. The summed E-state index contributed by atoms with van der Waals surface area (Å²) in [5.74, 6) is 0. The van der Waals surface area contributed by atoms with Gasteiger partial charge in [-0.05, 0) is 19.1 Å². The molecule has 3 rings (SSSR count). The first-order valence-electron chi connectivity index (χ1n) is 6.33. The number of aliphatic hydroxyl groups is 1. The van der Waals surface area contributed by atoms with Gasteiger partial charge in [-0.25, -0.2) is 9.67 Å². The van der Waals surface area contributed by atoms with Gasteiger partial charge in [-0.2, -0.15) is 5.10 Å². The molecule has 0 saturated heterocycles. The molecule has 0 aliphatic heterocycles. The Morgan fingerprint density at radius 1 is 1.25 bits per heavy atom. The largest absolute Gasteiger partial charge is 0.395 e. The summed E-state index contributed by atoms with van der Waals surface area (Å²) in [5, 5.41) is 13.9. The third kappa shape index (κ3) is 1.90. The Balaban J connectivity index is 2.28. The molecule has 2 aromatic heterocycles. The molecule has 0 radical (unpaired) electrons. The number of benzene rings is 1. The maximum atomic E-state index is 12.3. The molecule has 0 unspecified atom stereocenters. The van der Waals surface area contributed by atoms with Crippen LogP contribution in [-0.4, -0.2) is 31.0 Å². The fraction of sp³-hybridized carbons (Fsp3) is 0.214. The van der Waals surface area contributed by atoms with Crippen molar-refractivity contribution >= 4 is 11.0 Å². The van der Waals surface area contributed by atoms with E-state index in [0.717, 1.165) is 5.69 Å². The summed E-state index contributed by atoms with van der Waals surface area (Å²) in [4.78, 5) is 16.7. The Bertz CT molecular complexity index is 805. The molecular weight excluding hydrogens is 256 g/mol. The van der Waals surface area contributed by atoms with Gasteiger partial charge in [0.05, 0.1) is 24.5 Å². The maximum Gasteiger partial charge on any atom is 0.264 e. The van der Waals surface area contributed by atoms with E-state index in [4.69, 9.17) is 5.11 Å². The molecule has 3 aromatic rings. The number of hydrogen-bond donors (Lipinski definition) is 1. The standard InChI is InChI=1S/C14H14N4O2/c1-10-12-13(15-9-17(7-8-19)14(12)20)18(16-10)11-5-3-2-4-6-11/h2-6,9,19H,7-8H2,1H3. The maximum absolute atomic E-state index is 12.3. The van der Waals surface area contributed by atoms with Gasteiger partial charge in [0.1, 0.15) is 11.7 Å². The van der Waals surface area contributed by atoms with E-state index in [1.165, 1.54) is 10.9 Å². The van der Waals surface area contributed by atoms with Crippen LogP contribution >= 0.6 is 0 Å². The predicted octanol–water partition coefficient (Wildman–Crippen LogP) is 0.883. The Labute approximate surface area is 114 Å². The molecule has 0 saturated carbocycles. The van der Waals surface area contributed by atoms with Crippen molar-refractivity contribution in [3.05, 3.63) is 52.7 Å². The van der Waals surface area contributed by atoms with Crippen molar-refractivity contribution < 1.29 is 5.11 Å². The molecule has 1 N–H and O–H groups in total. The van der Waals surface area contributed by atoms with E-state index in [1.54, 1.807) is 11.6 Å². The molecular formula is C14H14N4O2. The smallest absolute Gasteiger partial charge is 0.264 e. The van der Waals surface area contributed by atoms with Crippen LogP contribution in [0.5, 0.6) is 0 Å². The second kappa shape index (κ2) is 4.90. The average molecular weight is 270 g/mol. The normalized spacial score (nSPS) is 11.1. The zero-order chi connectivity index (χ0) is 14.1. The first-order valence-corrected chi connectivity index (χ1v) is 6.33. The minimum absolute atomic E-state index is 0.0983. The molecule has 1 aromatic carbocycles. The van der Waals surface area contributed by atoms with Gasteiger partial charge in [-0.3, -0.25) is 9.36 Å². The molecule has 2 heterocycles. The van der Waals surface area contributed by atoms with Gasteiger partial charge < -0.3 is 5.11 Å². The SMILES string of the molecule is Cc1nn(-c2ccccc2)c2ncn(CCO)c(=O)c12. The summed E-state index contributed by atoms with van der Waals surface area (Å²) in [6.45, 7) is 1.92. The second-order valence-electron chi connectivity index (χ2n) is 4.50. The van der Waals surface area contributed by atoms with Gasteiger partial charge >= 0.3 is 0 Å². The second-order valence-corrected chi connectivity index (χ2v) is 4.50. The number of fused-ring (bicyclic) bond motifs is 1. The van der Waals surface area contributed by atoms with Gasteiger partial charge in [0.15, 0.2) is 5.65 Å². The lowest BCUT2D eigenvalue weighted by molar-refractivity contribution is 0.274. The van der Waals surface area contributed by atoms with Crippen LogP contribution in [0.25, 0.3) is 16.7 Å². The molecule has 0 fully saturated rings. The minimum Gasteiger partial charge on any atom is -0.395 e. The van der Waals surface area contributed by atoms with Crippen LogP contribution in [0.4, 0.5) is 0 Å². The fourth-order valence-electron chi connectivity index (χ4n) is 2.22. The predicted molar refractivity (Wildman–Crippen MR) is 74.9 cm³/mol. The number of rotatable bonds is 3. The minimum atomic E-state index is -0.177. The summed E-state index contributed by atoms with van der Waals surface area (Å²) in [5.41, 5.74) is 1.85. The van der Waals surface area contributed by atoms with E-state index >= 15 is 0 Å². The molecule has 20 heavy (non-hydrogen) atoms. The van der Waals surface area contributed by atoms with Gasteiger partial charge in [-0.15, -0.1) is 0 Å². The third-order valence-electron chi connectivity index (χ3n) is 3.17. The first kappa shape index (κ1) is 12.6. The molecule has 0 amide bonds. The summed E-state index contributed by atoms with van der Waals surface area (Å²) in [6, 6.07) is 9.56. The van der Waals surface area contributed by atoms with E-state index in [1.807, 2.05) is 30.3 Å². The molecule has 0 spiro atoms. The Morgan fingerprint density at radius 2 is 2.00 bits per heavy atom. The Kier molecular flexibility index (Phi) is 3.08. The highest BCUT2D eigenvalue weighted by molar-refractivity contribution is 5.78. The van der Waals surface area contributed by atoms with Crippen LogP contribution in [0.3, 0.4) is 0 Å². The molecule has 102 valence electrons. The molecule has 6 nitrogen and oxygen atoms in total. The van der Waals surface area contributed by atoms with Crippen LogP contribution in [0.15, 0.2) is 41.5 Å². The van der Waals surface area contributed by atoms with Crippen LogP contribution in [0.2, 0.25) is 0 Å². The molecule has 6 heteroatoms. The van der Waals surface area contributed by atoms with Gasteiger partial charge in [0, 0.05) is 0 Å². The number of aliphatic hydroxyl groups excluding tert-OH is 1. The van der Waals surface area contributed by atoms with Gasteiger partial charge in [0.25, 0.3) is 5.56 Å². The van der Waals surface area contributed by atoms with Crippen molar-refractivity contribution in [3.63, 3.8) is 0 Å². The highest BCUT2D eigenvalue weighted by Crippen LogP contribution is 2.16. The number of aryl methyl sites for hydroxylation is 1. The summed E-state index contributed by atoms with van der Waals surface area (Å²) < 4.78 is 3.06. The monoisotopic (exact) mass is 270 g/mol. The van der Waals surface area contributed by atoms with Gasteiger partial charge in [0.2, 0.25) is 0 Å². The zero-order valence-corrected chi connectivity index (χ0v) is 11.0. The Morgan fingerprint density at radius 3 is 2.70 bits per heavy atom. The Hall–Kier alpha value is -2.47. The van der Waals surface area contributed by atoms with E-state index in [2.05, 4.69) is 10.1 Å². The number of nitrogens with zero attached hydrogens (tertiary/aromatic N) is 4. The molecule has 0 bridgehead atoms. The summed E-state index contributed by atoms with van der Waals surface area (Å²) in [6.07, 6.45) is 1.45. The third-order valence-corrected chi connectivity index (χ3v) is 3.17. The molecule has 0 atom stereocenters. The highest BCUT2D eigenvalue weighted by atomic mass is 16.3. The van der Waals surface area contributed by atoms with E-state index < -0.39 is 0 Å². The molecule has 0 aliphatic rings. The first-order chi connectivity index (χ1) is 9.72. The summed E-state index contributed by atoms with van der Waals surface area (Å²) in [7, 11) is 0. The highest BCUT2D eigenvalue weighted by Gasteiger charge is 2.14. The van der Waals surface area contributed by atoms with Crippen molar-refractivity contribution in [3.8, 4) is 5.69 Å². The van der Waals surface area contributed by atoms with Crippen molar-refractivity contribution in [1.82, 2.24) is 19.3 Å².